The number of nitrogens with zero attached hydrogens (tertiary/aromatic N) is 1. The van der Waals surface area contributed by atoms with Gasteiger partial charge in [-0.15, -0.1) is 6.58 Å². The second-order valence-corrected chi connectivity index (χ2v) is 6.26. The third kappa shape index (κ3) is 3.23. The summed E-state index contributed by atoms with van der Waals surface area (Å²) < 4.78 is 36.0. The number of rotatable bonds is 5. The molecule has 0 saturated heterocycles. The van der Waals surface area contributed by atoms with Gasteiger partial charge < -0.3 is 4.90 Å². The minimum absolute atomic E-state index is 0.0252. The number of amides is 1. The first-order valence-electron chi connectivity index (χ1n) is 6.08. The van der Waals surface area contributed by atoms with Crippen molar-refractivity contribution in [2.45, 2.75) is 23.8 Å². The largest absolute Gasteiger partial charge is 0.332 e. The van der Waals surface area contributed by atoms with Crippen LogP contribution in [-0.2, 0) is 10.0 Å². The molecule has 1 saturated carbocycles. The van der Waals surface area contributed by atoms with E-state index in [9.17, 15) is 17.6 Å². The molecule has 5 nitrogen and oxygen atoms in total. The molecule has 1 aliphatic carbocycles. The molecule has 0 radical (unpaired) electrons. The molecular weight excluding hydrogens is 283 g/mol. The quantitative estimate of drug-likeness (QED) is 0.831. The van der Waals surface area contributed by atoms with Crippen molar-refractivity contribution in [3.05, 3.63) is 42.2 Å². The van der Waals surface area contributed by atoms with Crippen molar-refractivity contribution < 1.29 is 17.6 Å². The van der Waals surface area contributed by atoms with Gasteiger partial charge in [0.1, 0.15) is 5.82 Å². The zero-order chi connectivity index (χ0) is 14.9. The summed E-state index contributed by atoms with van der Waals surface area (Å²) in [6.45, 7) is 3.92. The molecule has 20 heavy (non-hydrogen) atoms. The van der Waals surface area contributed by atoms with E-state index in [-0.39, 0.29) is 11.6 Å². The van der Waals surface area contributed by atoms with Gasteiger partial charge in [-0.3, -0.25) is 4.79 Å². The summed E-state index contributed by atoms with van der Waals surface area (Å²) in [5, 5.41) is 4.97. The Bertz CT molecular complexity index is 654. The van der Waals surface area contributed by atoms with Crippen LogP contribution in [0.15, 0.2) is 35.7 Å². The molecule has 0 aromatic heterocycles. The van der Waals surface area contributed by atoms with Gasteiger partial charge in [0, 0.05) is 18.2 Å². The second-order valence-electron chi connectivity index (χ2n) is 4.70. The molecule has 2 rings (SSSR count). The Morgan fingerprint density at radius 2 is 2.10 bits per heavy atom. The molecule has 0 unspecified atom stereocenters. The van der Waals surface area contributed by atoms with E-state index >= 15 is 0 Å². The molecule has 0 heterocycles. The standard InChI is InChI=1S/C13H15FN2O3S/c1-2-5-16(11-3-4-11)13(17)9-6-10(14)8-12(7-9)20(15,18)19/h2,6-8,11H,1,3-5H2,(H2,15,18,19). The van der Waals surface area contributed by atoms with Gasteiger partial charge in [0.05, 0.1) is 4.90 Å². The molecule has 1 fully saturated rings. The van der Waals surface area contributed by atoms with Gasteiger partial charge in [-0.1, -0.05) is 6.08 Å². The number of halogens is 1. The van der Waals surface area contributed by atoms with Gasteiger partial charge in [0.15, 0.2) is 0 Å². The number of benzene rings is 1. The first-order chi connectivity index (χ1) is 9.32. The van der Waals surface area contributed by atoms with E-state index in [4.69, 9.17) is 5.14 Å². The summed E-state index contributed by atoms with van der Waals surface area (Å²) >= 11 is 0. The van der Waals surface area contributed by atoms with Gasteiger partial charge in [-0.05, 0) is 31.0 Å². The molecular formula is C13H15FN2O3S. The summed E-state index contributed by atoms with van der Waals surface area (Å²) in [7, 11) is -4.05. The average Bonchev–Trinajstić information content (AvgIpc) is 3.17. The first kappa shape index (κ1) is 14.7. The van der Waals surface area contributed by atoms with E-state index in [0.717, 1.165) is 31.0 Å². The molecule has 0 aliphatic heterocycles. The fourth-order valence-corrected chi connectivity index (χ4v) is 2.51. The highest BCUT2D eigenvalue weighted by Crippen LogP contribution is 2.28. The highest BCUT2D eigenvalue weighted by Gasteiger charge is 2.32. The smallest absolute Gasteiger partial charge is 0.254 e. The fraction of sp³-hybridized carbons (Fsp3) is 0.308. The van der Waals surface area contributed by atoms with E-state index in [0.29, 0.717) is 6.54 Å². The van der Waals surface area contributed by atoms with Crippen molar-refractivity contribution in [2.24, 2.45) is 5.14 Å². The van der Waals surface area contributed by atoms with Crippen LogP contribution in [-0.4, -0.2) is 31.8 Å². The molecule has 1 aromatic rings. The predicted octanol–water partition coefficient (Wildman–Crippen LogP) is 1.26. The molecule has 7 heteroatoms. The van der Waals surface area contributed by atoms with Crippen LogP contribution in [0.1, 0.15) is 23.2 Å². The van der Waals surface area contributed by atoms with Gasteiger partial charge in [0.25, 0.3) is 5.91 Å². The minimum atomic E-state index is -4.05. The summed E-state index contributed by atoms with van der Waals surface area (Å²) in [4.78, 5) is 13.5. The molecule has 0 bridgehead atoms. The molecule has 1 aromatic carbocycles. The van der Waals surface area contributed by atoms with Gasteiger partial charge >= 0.3 is 0 Å². The zero-order valence-corrected chi connectivity index (χ0v) is 11.6. The maximum atomic E-state index is 13.5. The average molecular weight is 298 g/mol. The topological polar surface area (TPSA) is 80.5 Å². The number of sulfonamides is 1. The fourth-order valence-electron chi connectivity index (χ4n) is 1.94. The SMILES string of the molecule is C=CCN(C(=O)c1cc(F)cc(S(N)(=O)=O)c1)C1CC1. The van der Waals surface area contributed by atoms with Crippen LogP contribution in [0.25, 0.3) is 0 Å². The maximum Gasteiger partial charge on any atom is 0.254 e. The summed E-state index contributed by atoms with van der Waals surface area (Å²) in [5.74, 6) is -1.23. The summed E-state index contributed by atoms with van der Waals surface area (Å²) in [6.07, 6.45) is 3.35. The first-order valence-corrected chi connectivity index (χ1v) is 7.63. The Kier molecular flexibility index (Phi) is 3.92. The van der Waals surface area contributed by atoms with Crippen LogP contribution in [0.2, 0.25) is 0 Å². The van der Waals surface area contributed by atoms with Crippen LogP contribution >= 0.6 is 0 Å². The molecule has 0 atom stereocenters. The van der Waals surface area contributed by atoms with E-state index in [1.165, 1.54) is 0 Å². The van der Waals surface area contributed by atoms with Crippen LogP contribution in [0, 0.1) is 5.82 Å². The third-order valence-corrected chi connectivity index (χ3v) is 3.91. The summed E-state index contributed by atoms with van der Waals surface area (Å²) in [6, 6.07) is 3.01. The Labute approximate surface area is 116 Å². The van der Waals surface area contributed by atoms with Crippen molar-refractivity contribution in [3.8, 4) is 0 Å². The number of hydrogen-bond acceptors (Lipinski definition) is 3. The van der Waals surface area contributed by atoms with Crippen molar-refractivity contribution in [1.29, 1.82) is 0 Å². The highest BCUT2D eigenvalue weighted by molar-refractivity contribution is 7.89. The van der Waals surface area contributed by atoms with E-state index in [2.05, 4.69) is 6.58 Å². The number of carbonyl (C=O) groups excluding carboxylic acids is 1. The summed E-state index contributed by atoms with van der Waals surface area (Å²) in [5.41, 5.74) is -0.0252. The lowest BCUT2D eigenvalue weighted by atomic mass is 10.2. The predicted molar refractivity (Wildman–Crippen MR) is 72.0 cm³/mol. The Hall–Kier alpha value is -1.73. The number of carbonyl (C=O) groups is 1. The van der Waals surface area contributed by atoms with Crippen molar-refractivity contribution in [1.82, 2.24) is 4.90 Å². The Balaban J connectivity index is 2.38. The number of hydrogen-bond donors (Lipinski definition) is 1. The lowest BCUT2D eigenvalue weighted by Crippen LogP contribution is -2.33. The van der Waals surface area contributed by atoms with Crippen LogP contribution in [0.3, 0.4) is 0 Å². The Morgan fingerprint density at radius 1 is 1.45 bits per heavy atom. The van der Waals surface area contributed by atoms with Crippen molar-refractivity contribution in [2.75, 3.05) is 6.54 Å². The lowest BCUT2D eigenvalue weighted by Gasteiger charge is -2.21. The Morgan fingerprint density at radius 3 is 2.60 bits per heavy atom. The third-order valence-electron chi connectivity index (χ3n) is 3.02. The number of primary sulfonamides is 1. The molecule has 1 amide bonds. The van der Waals surface area contributed by atoms with Gasteiger partial charge in [0.2, 0.25) is 10.0 Å². The van der Waals surface area contributed by atoms with Crippen molar-refractivity contribution in [3.63, 3.8) is 0 Å². The molecule has 2 N–H and O–H groups in total. The van der Waals surface area contributed by atoms with Crippen molar-refractivity contribution >= 4 is 15.9 Å². The maximum absolute atomic E-state index is 13.5. The normalized spacial score (nSPS) is 14.9. The monoisotopic (exact) mass is 298 g/mol. The van der Waals surface area contributed by atoms with Gasteiger partial charge in [-0.25, -0.2) is 17.9 Å². The molecule has 108 valence electrons. The van der Waals surface area contributed by atoms with Gasteiger partial charge in [-0.2, -0.15) is 0 Å². The minimum Gasteiger partial charge on any atom is -0.332 e. The van der Waals surface area contributed by atoms with E-state index < -0.39 is 26.6 Å². The second kappa shape index (κ2) is 5.34. The zero-order valence-electron chi connectivity index (χ0n) is 10.8. The van der Waals surface area contributed by atoms with Crippen LogP contribution in [0.5, 0.6) is 0 Å². The molecule has 1 aliphatic rings. The van der Waals surface area contributed by atoms with E-state index in [1.807, 2.05) is 0 Å². The number of nitrogens with two attached hydrogens (primary N) is 1. The highest BCUT2D eigenvalue weighted by atomic mass is 32.2. The lowest BCUT2D eigenvalue weighted by molar-refractivity contribution is 0.0762. The van der Waals surface area contributed by atoms with E-state index in [1.54, 1.807) is 11.0 Å². The van der Waals surface area contributed by atoms with Crippen LogP contribution < -0.4 is 5.14 Å². The van der Waals surface area contributed by atoms with Crippen LogP contribution in [0.4, 0.5) is 4.39 Å². The molecule has 0 spiro atoms.